The van der Waals surface area contributed by atoms with E-state index in [1.54, 1.807) is 13.1 Å². The van der Waals surface area contributed by atoms with Crippen molar-refractivity contribution in [1.82, 2.24) is 4.90 Å². The lowest BCUT2D eigenvalue weighted by Crippen LogP contribution is -2.33. The summed E-state index contributed by atoms with van der Waals surface area (Å²) in [6.45, 7) is 9.14. The minimum Gasteiger partial charge on any atom is -0.490 e. The summed E-state index contributed by atoms with van der Waals surface area (Å²) in [7, 11) is 1.59. The molecule has 0 aliphatic carbocycles. The zero-order valence-electron chi connectivity index (χ0n) is 19.0. The zero-order chi connectivity index (χ0) is 22.8. The van der Waals surface area contributed by atoms with Crippen molar-refractivity contribution in [3.8, 4) is 11.5 Å². The SMILES string of the molecule is CCOc1cc(/C=C/C(=O)N(C)CC(=O)Nc2ccc(C)cc2)ccc1OCC(C)C. The number of nitrogens with zero attached hydrogens (tertiary/aromatic N) is 1. The Hall–Kier alpha value is -3.28. The van der Waals surface area contributed by atoms with Gasteiger partial charge in [0, 0.05) is 18.8 Å². The van der Waals surface area contributed by atoms with E-state index in [4.69, 9.17) is 9.47 Å². The molecule has 1 N–H and O–H groups in total. The summed E-state index contributed by atoms with van der Waals surface area (Å²) in [4.78, 5) is 26.0. The van der Waals surface area contributed by atoms with Crippen LogP contribution in [-0.2, 0) is 9.59 Å². The highest BCUT2D eigenvalue weighted by molar-refractivity contribution is 5.97. The number of amides is 2. The van der Waals surface area contributed by atoms with E-state index in [1.807, 2.05) is 56.3 Å². The number of anilines is 1. The van der Waals surface area contributed by atoms with Gasteiger partial charge in [0.15, 0.2) is 11.5 Å². The quantitative estimate of drug-likeness (QED) is 0.569. The number of carbonyl (C=O) groups excluding carboxylic acids is 2. The van der Waals surface area contributed by atoms with Crippen LogP contribution in [0.25, 0.3) is 6.08 Å². The van der Waals surface area contributed by atoms with Crippen molar-refractivity contribution in [1.29, 1.82) is 0 Å². The predicted molar refractivity (Wildman–Crippen MR) is 124 cm³/mol. The van der Waals surface area contributed by atoms with E-state index >= 15 is 0 Å². The van der Waals surface area contributed by atoms with Crippen molar-refractivity contribution in [3.05, 3.63) is 59.7 Å². The van der Waals surface area contributed by atoms with Crippen LogP contribution < -0.4 is 14.8 Å². The first kappa shape index (κ1) is 24.0. The average Bonchev–Trinajstić information content (AvgIpc) is 2.73. The Morgan fingerprint density at radius 2 is 1.77 bits per heavy atom. The molecular formula is C25H32N2O4. The first-order valence-corrected chi connectivity index (χ1v) is 10.5. The van der Waals surface area contributed by atoms with Gasteiger partial charge in [-0.05, 0) is 55.7 Å². The number of ether oxygens (including phenoxy) is 2. The summed E-state index contributed by atoms with van der Waals surface area (Å²) in [6, 6.07) is 13.1. The molecule has 0 radical (unpaired) electrons. The lowest BCUT2D eigenvalue weighted by atomic mass is 10.1. The molecule has 31 heavy (non-hydrogen) atoms. The van der Waals surface area contributed by atoms with Crippen molar-refractivity contribution in [2.24, 2.45) is 5.92 Å². The number of hydrogen-bond donors (Lipinski definition) is 1. The van der Waals surface area contributed by atoms with Gasteiger partial charge in [0.25, 0.3) is 0 Å². The molecule has 0 atom stereocenters. The Bertz CT molecular complexity index is 904. The van der Waals surface area contributed by atoms with E-state index in [-0.39, 0.29) is 18.4 Å². The first-order chi connectivity index (χ1) is 14.8. The molecule has 0 heterocycles. The Labute approximate surface area is 184 Å². The van der Waals surface area contributed by atoms with Gasteiger partial charge in [-0.2, -0.15) is 0 Å². The van der Waals surface area contributed by atoms with Gasteiger partial charge in [-0.15, -0.1) is 0 Å². The van der Waals surface area contributed by atoms with Crippen LogP contribution >= 0.6 is 0 Å². The van der Waals surface area contributed by atoms with E-state index in [1.165, 1.54) is 11.0 Å². The number of carbonyl (C=O) groups is 2. The molecule has 6 heteroatoms. The van der Waals surface area contributed by atoms with Crippen LogP contribution in [0.2, 0.25) is 0 Å². The van der Waals surface area contributed by atoms with Crippen molar-refractivity contribution in [2.75, 3.05) is 32.1 Å². The zero-order valence-corrected chi connectivity index (χ0v) is 19.0. The molecule has 0 bridgehead atoms. The van der Waals surface area contributed by atoms with Crippen molar-refractivity contribution >= 4 is 23.6 Å². The second kappa shape index (κ2) is 11.8. The van der Waals surface area contributed by atoms with Gasteiger partial charge < -0.3 is 19.7 Å². The smallest absolute Gasteiger partial charge is 0.246 e. The topological polar surface area (TPSA) is 67.9 Å². The molecular weight excluding hydrogens is 392 g/mol. The van der Waals surface area contributed by atoms with Crippen LogP contribution in [-0.4, -0.2) is 43.5 Å². The van der Waals surface area contributed by atoms with Crippen LogP contribution in [0.15, 0.2) is 48.5 Å². The third-order valence-electron chi connectivity index (χ3n) is 4.35. The average molecular weight is 425 g/mol. The number of aryl methyl sites for hydroxylation is 1. The highest BCUT2D eigenvalue weighted by Gasteiger charge is 2.11. The maximum absolute atomic E-state index is 12.4. The van der Waals surface area contributed by atoms with E-state index in [0.29, 0.717) is 36.3 Å². The maximum atomic E-state index is 12.4. The molecule has 2 aromatic carbocycles. The monoisotopic (exact) mass is 424 g/mol. The molecule has 2 aromatic rings. The molecule has 0 aromatic heterocycles. The fourth-order valence-corrected chi connectivity index (χ4v) is 2.70. The number of hydrogen-bond acceptors (Lipinski definition) is 4. The Morgan fingerprint density at radius 1 is 1.06 bits per heavy atom. The molecule has 2 rings (SSSR count). The Balaban J connectivity index is 1.96. The minimum absolute atomic E-state index is 0.0385. The molecule has 6 nitrogen and oxygen atoms in total. The standard InChI is InChI=1S/C25H32N2O4/c1-6-30-23-15-20(9-13-22(23)31-17-18(2)3)10-14-25(29)27(5)16-24(28)26-21-11-7-19(4)8-12-21/h7-15,18H,6,16-17H2,1-5H3,(H,26,28)/b14-10+. The van der Waals surface area contributed by atoms with E-state index < -0.39 is 0 Å². The molecule has 0 saturated carbocycles. The fraction of sp³-hybridized carbons (Fsp3) is 0.360. The normalized spacial score (nSPS) is 10.9. The Morgan fingerprint density at radius 3 is 2.42 bits per heavy atom. The second-order valence-corrected chi connectivity index (χ2v) is 7.79. The highest BCUT2D eigenvalue weighted by atomic mass is 16.5. The minimum atomic E-state index is -0.267. The summed E-state index contributed by atoms with van der Waals surface area (Å²) in [6.07, 6.45) is 3.14. The van der Waals surface area contributed by atoms with Crippen molar-refractivity contribution in [3.63, 3.8) is 0 Å². The molecule has 0 fully saturated rings. The summed E-state index contributed by atoms with van der Waals surface area (Å²) in [5.74, 6) is 1.22. The van der Waals surface area contributed by atoms with Crippen LogP contribution in [0.1, 0.15) is 31.9 Å². The van der Waals surface area contributed by atoms with Crippen LogP contribution in [0.3, 0.4) is 0 Å². The summed E-state index contributed by atoms with van der Waals surface area (Å²) >= 11 is 0. The molecule has 0 saturated heterocycles. The molecule has 0 aliphatic heterocycles. The molecule has 0 aliphatic rings. The molecule has 2 amide bonds. The van der Waals surface area contributed by atoms with E-state index in [9.17, 15) is 9.59 Å². The van der Waals surface area contributed by atoms with Crippen LogP contribution in [0, 0.1) is 12.8 Å². The number of benzene rings is 2. The Kier molecular flexibility index (Phi) is 9.13. The number of nitrogens with one attached hydrogen (secondary N) is 1. The lowest BCUT2D eigenvalue weighted by molar-refractivity contribution is -0.129. The third kappa shape index (κ3) is 8.16. The van der Waals surface area contributed by atoms with Gasteiger partial charge >= 0.3 is 0 Å². The van der Waals surface area contributed by atoms with Gasteiger partial charge in [-0.1, -0.05) is 37.6 Å². The van der Waals surface area contributed by atoms with Crippen LogP contribution in [0.4, 0.5) is 5.69 Å². The van der Waals surface area contributed by atoms with Crippen molar-refractivity contribution < 1.29 is 19.1 Å². The lowest BCUT2D eigenvalue weighted by Gasteiger charge is -2.15. The van der Waals surface area contributed by atoms with Gasteiger partial charge in [-0.3, -0.25) is 9.59 Å². The van der Waals surface area contributed by atoms with Gasteiger partial charge in [0.05, 0.1) is 19.8 Å². The largest absolute Gasteiger partial charge is 0.490 e. The van der Waals surface area contributed by atoms with Gasteiger partial charge in [-0.25, -0.2) is 0 Å². The fourth-order valence-electron chi connectivity index (χ4n) is 2.70. The number of likely N-dealkylation sites (N-methyl/N-ethyl adjacent to an activating group) is 1. The third-order valence-corrected chi connectivity index (χ3v) is 4.35. The number of rotatable bonds is 10. The summed E-state index contributed by atoms with van der Waals surface area (Å²) in [5, 5.41) is 2.79. The maximum Gasteiger partial charge on any atom is 0.246 e. The molecule has 0 spiro atoms. The predicted octanol–water partition coefficient (Wildman–Crippen LogP) is 4.54. The van der Waals surface area contributed by atoms with E-state index in [2.05, 4.69) is 19.2 Å². The van der Waals surface area contributed by atoms with Crippen LogP contribution in [0.5, 0.6) is 11.5 Å². The molecule has 166 valence electrons. The van der Waals surface area contributed by atoms with Gasteiger partial charge in [0.2, 0.25) is 11.8 Å². The first-order valence-electron chi connectivity index (χ1n) is 10.5. The van der Waals surface area contributed by atoms with Crippen molar-refractivity contribution in [2.45, 2.75) is 27.7 Å². The highest BCUT2D eigenvalue weighted by Crippen LogP contribution is 2.29. The second-order valence-electron chi connectivity index (χ2n) is 7.79. The summed E-state index contributed by atoms with van der Waals surface area (Å²) < 4.78 is 11.5. The summed E-state index contributed by atoms with van der Waals surface area (Å²) in [5.41, 5.74) is 2.63. The molecule has 0 unspecified atom stereocenters. The van der Waals surface area contributed by atoms with Gasteiger partial charge in [0.1, 0.15) is 0 Å². The van der Waals surface area contributed by atoms with E-state index in [0.717, 1.165) is 11.1 Å².